The lowest BCUT2D eigenvalue weighted by atomic mass is 10.1. The molecule has 0 rings (SSSR count). The van der Waals surface area contributed by atoms with Crippen LogP contribution < -0.4 is 0 Å². The van der Waals surface area contributed by atoms with E-state index in [1.165, 1.54) is 6.92 Å². The van der Waals surface area contributed by atoms with E-state index in [-0.39, 0.29) is 12.2 Å². The maximum absolute atomic E-state index is 11.7. The number of hydrogen-bond acceptors (Lipinski definition) is 5. The summed E-state index contributed by atoms with van der Waals surface area (Å²) in [6.45, 7) is 5.78. The first-order valence-electron chi connectivity index (χ1n) is 7.24. The van der Waals surface area contributed by atoms with Gasteiger partial charge in [0.1, 0.15) is 18.1 Å². The Labute approximate surface area is 121 Å². The van der Waals surface area contributed by atoms with Crippen LogP contribution in [0.1, 0.15) is 59.3 Å². The second-order valence-electron chi connectivity index (χ2n) is 5.01. The van der Waals surface area contributed by atoms with Crippen LogP contribution >= 0.6 is 0 Å². The molecule has 0 aliphatic heterocycles. The zero-order valence-corrected chi connectivity index (χ0v) is 12.7. The molecule has 0 saturated heterocycles. The molecule has 20 heavy (non-hydrogen) atoms. The average Bonchev–Trinajstić information content (AvgIpc) is 2.39. The largest absolute Gasteiger partial charge is 0.427 e. The minimum atomic E-state index is -1.72. The Balaban J connectivity index is 4.22. The molecule has 0 heterocycles. The zero-order chi connectivity index (χ0) is 15.4. The molecule has 0 radical (unpaired) electrons. The summed E-state index contributed by atoms with van der Waals surface area (Å²) in [5.74, 6) is -0.944. The molecule has 0 saturated carbocycles. The summed E-state index contributed by atoms with van der Waals surface area (Å²) in [4.78, 5) is 22.5. The number of ether oxygens (including phenoxy) is 2. The molecule has 0 aromatic heterocycles. The Hall–Kier alpha value is -1.16. The number of aliphatic hydroxyl groups is 1. The molecule has 1 atom stereocenters. The molecule has 0 spiro atoms. The lowest BCUT2D eigenvalue weighted by Crippen LogP contribution is -2.37. The van der Waals surface area contributed by atoms with Crippen LogP contribution in [0.2, 0.25) is 0 Å². The van der Waals surface area contributed by atoms with Gasteiger partial charge in [0.25, 0.3) is 0 Å². The van der Waals surface area contributed by atoms with Crippen molar-refractivity contribution in [2.75, 3.05) is 13.2 Å². The molecular weight excluding hydrogens is 260 g/mol. The van der Waals surface area contributed by atoms with Crippen molar-refractivity contribution in [2.24, 2.45) is 0 Å². The van der Waals surface area contributed by atoms with E-state index in [0.29, 0.717) is 13.0 Å². The maximum atomic E-state index is 11.7. The highest BCUT2D eigenvalue weighted by atomic mass is 16.7. The van der Waals surface area contributed by atoms with Gasteiger partial charge >= 0.3 is 5.97 Å². The SMILES string of the molecule is CCCCCC(=C=O)C(=O)OC(C)(O)COCCCC. The van der Waals surface area contributed by atoms with E-state index in [4.69, 9.17) is 9.47 Å². The molecule has 0 bridgehead atoms. The van der Waals surface area contributed by atoms with Gasteiger partial charge in [-0.2, -0.15) is 0 Å². The van der Waals surface area contributed by atoms with Gasteiger partial charge in [0.15, 0.2) is 0 Å². The molecule has 5 heteroatoms. The zero-order valence-electron chi connectivity index (χ0n) is 12.7. The Kier molecular flexibility index (Phi) is 9.99. The van der Waals surface area contributed by atoms with Gasteiger partial charge < -0.3 is 14.6 Å². The number of hydrogen-bond donors (Lipinski definition) is 1. The van der Waals surface area contributed by atoms with Crippen molar-refractivity contribution in [3.05, 3.63) is 5.57 Å². The fraction of sp³-hybridized carbons (Fsp3) is 0.800. The predicted octanol–water partition coefficient (Wildman–Crippen LogP) is 2.39. The van der Waals surface area contributed by atoms with Gasteiger partial charge in [0.05, 0.1) is 0 Å². The smallest absolute Gasteiger partial charge is 0.347 e. The number of carbonyl (C=O) groups is 1. The summed E-state index contributed by atoms with van der Waals surface area (Å²) in [6.07, 6.45) is 4.82. The molecule has 0 fully saturated rings. The van der Waals surface area contributed by atoms with Gasteiger partial charge in [-0.05, 0) is 19.3 Å². The van der Waals surface area contributed by atoms with Crippen LogP contribution in [-0.2, 0) is 19.1 Å². The van der Waals surface area contributed by atoms with E-state index in [9.17, 15) is 14.7 Å². The summed E-state index contributed by atoms with van der Waals surface area (Å²) in [6, 6.07) is 0. The number of rotatable bonds is 11. The second kappa shape index (κ2) is 10.6. The lowest BCUT2D eigenvalue weighted by Gasteiger charge is -2.23. The molecule has 1 unspecified atom stereocenters. The maximum Gasteiger partial charge on any atom is 0.347 e. The topological polar surface area (TPSA) is 72.8 Å². The van der Waals surface area contributed by atoms with Crippen LogP contribution in [0.15, 0.2) is 5.57 Å². The number of esters is 1. The van der Waals surface area contributed by atoms with Gasteiger partial charge in [-0.1, -0.05) is 33.1 Å². The molecule has 1 N–H and O–H groups in total. The Morgan fingerprint density at radius 2 is 1.85 bits per heavy atom. The summed E-state index contributed by atoms with van der Waals surface area (Å²) < 4.78 is 10.1. The van der Waals surface area contributed by atoms with Gasteiger partial charge in [0, 0.05) is 13.5 Å². The van der Waals surface area contributed by atoms with Crippen LogP contribution in [-0.4, -0.2) is 36.0 Å². The van der Waals surface area contributed by atoms with E-state index >= 15 is 0 Å². The highest BCUT2D eigenvalue weighted by molar-refractivity contribution is 5.96. The first-order valence-corrected chi connectivity index (χ1v) is 7.24. The van der Waals surface area contributed by atoms with Crippen molar-refractivity contribution in [2.45, 2.75) is 65.1 Å². The van der Waals surface area contributed by atoms with E-state index in [2.05, 4.69) is 0 Å². The normalized spacial score (nSPS) is 13.4. The van der Waals surface area contributed by atoms with Crippen molar-refractivity contribution in [1.82, 2.24) is 0 Å². The van der Waals surface area contributed by atoms with E-state index in [1.807, 2.05) is 13.8 Å². The van der Waals surface area contributed by atoms with Crippen molar-refractivity contribution in [3.8, 4) is 0 Å². The van der Waals surface area contributed by atoms with E-state index in [0.717, 1.165) is 32.1 Å². The fourth-order valence-electron chi connectivity index (χ4n) is 1.55. The number of carbonyl (C=O) groups excluding carboxylic acids is 2. The third-order valence-electron chi connectivity index (χ3n) is 2.72. The summed E-state index contributed by atoms with van der Waals surface area (Å²) in [7, 11) is 0. The van der Waals surface area contributed by atoms with Crippen LogP contribution in [0, 0.1) is 0 Å². The standard InChI is InChI=1S/C15H26O5/c1-4-6-8-9-13(11-16)14(17)20-15(3,18)12-19-10-7-5-2/h18H,4-10,12H2,1-3H3. The average molecular weight is 286 g/mol. The third-order valence-corrected chi connectivity index (χ3v) is 2.72. The van der Waals surface area contributed by atoms with Gasteiger partial charge in [0.2, 0.25) is 5.79 Å². The minimum absolute atomic E-state index is 0.0627. The molecule has 0 aliphatic carbocycles. The van der Waals surface area contributed by atoms with Crippen LogP contribution in [0.4, 0.5) is 0 Å². The number of unbranched alkanes of at least 4 members (excludes halogenated alkanes) is 3. The van der Waals surface area contributed by atoms with Crippen molar-refractivity contribution in [3.63, 3.8) is 0 Å². The van der Waals surface area contributed by atoms with E-state index in [1.54, 1.807) is 5.94 Å². The summed E-state index contributed by atoms with van der Waals surface area (Å²) >= 11 is 0. The van der Waals surface area contributed by atoms with E-state index < -0.39 is 11.8 Å². The Morgan fingerprint density at radius 1 is 1.20 bits per heavy atom. The second-order valence-corrected chi connectivity index (χ2v) is 5.01. The summed E-state index contributed by atoms with van der Waals surface area (Å²) in [5, 5.41) is 9.89. The van der Waals surface area contributed by atoms with Gasteiger partial charge in [-0.15, -0.1) is 0 Å². The lowest BCUT2D eigenvalue weighted by molar-refractivity contribution is -0.216. The van der Waals surface area contributed by atoms with Crippen LogP contribution in [0.3, 0.4) is 0 Å². The third kappa shape index (κ3) is 8.86. The van der Waals surface area contributed by atoms with Crippen molar-refractivity contribution >= 4 is 11.9 Å². The Bertz CT molecular complexity index is 329. The van der Waals surface area contributed by atoms with Gasteiger partial charge in [-0.25, -0.2) is 9.59 Å². The minimum Gasteiger partial charge on any atom is -0.427 e. The van der Waals surface area contributed by atoms with Crippen molar-refractivity contribution < 1.29 is 24.2 Å². The quantitative estimate of drug-likeness (QED) is 0.207. The highest BCUT2D eigenvalue weighted by Gasteiger charge is 2.27. The molecular formula is C15H26O5. The first-order chi connectivity index (χ1) is 9.46. The molecule has 5 nitrogen and oxygen atoms in total. The fourth-order valence-corrected chi connectivity index (χ4v) is 1.55. The molecule has 116 valence electrons. The van der Waals surface area contributed by atoms with Crippen LogP contribution in [0.5, 0.6) is 0 Å². The monoisotopic (exact) mass is 286 g/mol. The van der Waals surface area contributed by atoms with Gasteiger partial charge in [-0.3, -0.25) is 0 Å². The first kappa shape index (κ1) is 18.8. The van der Waals surface area contributed by atoms with Crippen LogP contribution in [0.25, 0.3) is 0 Å². The molecule has 0 aromatic rings. The molecule has 0 aliphatic rings. The molecule has 0 aromatic carbocycles. The molecule has 0 amide bonds. The van der Waals surface area contributed by atoms with Crippen molar-refractivity contribution in [1.29, 1.82) is 0 Å². The summed E-state index contributed by atoms with van der Waals surface area (Å²) in [5.41, 5.74) is -0.0627. The predicted molar refractivity (Wildman–Crippen MR) is 75.8 cm³/mol. The Morgan fingerprint density at radius 3 is 2.40 bits per heavy atom. The highest BCUT2D eigenvalue weighted by Crippen LogP contribution is 2.14.